The minimum absolute atomic E-state index is 0.290. The van der Waals surface area contributed by atoms with E-state index in [2.05, 4.69) is 4.98 Å². The Kier molecular flexibility index (Phi) is 4.92. The Morgan fingerprint density at radius 3 is 2.48 bits per heavy atom. The molecule has 136 valence electrons. The van der Waals surface area contributed by atoms with Gasteiger partial charge >= 0.3 is 0 Å². The highest BCUT2D eigenvalue weighted by atomic mass is 32.2. The van der Waals surface area contributed by atoms with E-state index in [0.717, 1.165) is 4.73 Å². The van der Waals surface area contributed by atoms with Crippen LogP contribution in [0.2, 0.25) is 0 Å². The van der Waals surface area contributed by atoms with Crippen molar-refractivity contribution in [2.24, 2.45) is 0 Å². The number of aliphatic hydroxyl groups excluding tert-OH is 2. The standard InChI is InChI=1S/C14H16N2O8S/c17-10-12(24-16-7-6-15-8-16)11(18)14(25(19,20)21)23-13(10)22-9-4-2-1-3-5-9/h1-8,10-14,17-18H,(H,19,20,21)/t10-,11+,12-,13-,14?/m1/s1. The monoisotopic (exact) mass is 372 g/mol. The Balaban J connectivity index is 1.87. The average Bonchev–Trinajstić information content (AvgIpc) is 3.07. The SMILES string of the molecule is O=S(=O)(O)C1O[C@@H](Oc2ccccc2)[C@H](O)[C@@H](On2ccnc2)[C@@H]1O. The number of imidazole rings is 1. The molecule has 5 atom stereocenters. The zero-order valence-corrected chi connectivity index (χ0v) is 13.5. The minimum atomic E-state index is -4.80. The van der Waals surface area contributed by atoms with Gasteiger partial charge in [0.15, 0.2) is 12.2 Å². The lowest BCUT2D eigenvalue weighted by molar-refractivity contribution is -0.264. The lowest BCUT2D eigenvalue weighted by Gasteiger charge is -2.40. The number of rotatable bonds is 5. The molecular formula is C14H16N2O8S. The maximum absolute atomic E-state index is 11.5. The van der Waals surface area contributed by atoms with Crippen LogP contribution < -0.4 is 9.57 Å². The predicted octanol–water partition coefficient (Wildman–Crippen LogP) is -0.949. The van der Waals surface area contributed by atoms with Crippen LogP contribution in [0.15, 0.2) is 49.1 Å². The van der Waals surface area contributed by atoms with Crippen LogP contribution in [0.1, 0.15) is 0 Å². The lowest BCUT2D eigenvalue weighted by Crippen LogP contribution is -2.63. The number of benzene rings is 1. The molecular weight excluding hydrogens is 356 g/mol. The number of hydrogen-bond donors (Lipinski definition) is 3. The van der Waals surface area contributed by atoms with Gasteiger partial charge in [-0.2, -0.15) is 13.1 Å². The van der Waals surface area contributed by atoms with E-state index in [0.29, 0.717) is 5.75 Å². The average molecular weight is 372 g/mol. The molecule has 3 N–H and O–H groups in total. The first-order valence-electron chi connectivity index (χ1n) is 7.21. The fourth-order valence-corrected chi connectivity index (χ4v) is 3.11. The molecule has 11 heteroatoms. The second kappa shape index (κ2) is 6.98. The third-order valence-corrected chi connectivity index (χ3v) is 4.49. The molecule has 2 aromatic rings. The van der Waals surface area contributed by atoms with Crippen LogP contribution in [-0.2, 0) is 14.9 Å². The summed E-state index contributed by atoms with van der Waals surface area (Å²) in [6.07, 6.45) is -2.40. The summed E-state index contributed by atoms with van der Waals surface area (Å²) in [6, 6.07) is 8.20. The first-order valence-corrected chi connectivity index (χ1v) is 8.71. The molecule has 0 radical (unpaired) electrons. The van der Waals surface area contributed by atoms with Gasteiger partial charge in [-0.3, -0.25) is 4.55 Å². The van der Waals surface area contributed by atoms with Crippen molar-refractivity contribution in [1.82, 2.24) is 9.71 Å². The third-order valence-electron chi connectivity index (χ3n) is 3.51. The topological polar surface area (TPSA) is 140 Å². The van der Waals surface area contributed by atoms with Crippen molar-refractivity contribution in [3.63, 3.8) is 0 Å². The normalized spacial score (nSPS) is 30.0. The Bertz CT molecular complexity index is 782. The summed E-state index contributed by atoms with van der Waals surface area (Å²) in [5, 5.41) is 20.6. The first-order chi connectivity index (χ1) is 11.9. The maximum Gasteiger partial charge on any atom is 0.295 e. The quantitative estimate of drug-likeness (QED) is 0.567. The summed E-state index contributed by atoms with van der Waals surface area (Å²) in [5.74, 6) is 0.290. The molecule has 0 bridgehead atoms. The van der Waals surface area contributed by atoms with Crippen molar-refractivity contribution in [2.45, 2.75) is 30.0 Å². The summed E-state index contributed by atoms with van der Waals surface area (Å²) >= 11 is 0. The number of hydrogen-bond acceptors (Lipinski definition) is 8. The number of nitrogens with zero attached hydrogens (tertiary/aromatic N) is 2. The smallest absolute Gasteiger partial charge is 0.295 e. The molecule has 1 aliphatic heterocycles. The summed E-state index contributed by atoms with van der Waals surface area (Å²) in [6.45, 7) is 0. The molecule has 1 aliphatic rings. The van der Waals surface area contributed by atoms with Crippen molar-refractivity contribution in [3.05, 3.63) is 49.1 Å². The second-order valence-electron chi connectivity index (χ2n) is 5.29. The zero-order chi connectivity index (χ0) is 18.0. The van der Waals surface area contributed by atoms with E-state index in [1.54, 1.807) is 30.3 Å². The van der Waals surface area contributed by atoms with Gasteiger partial charge in [0.05, 0.1) is 6.20 Å². The van der Waals surface area contributed by atoms with Gasteiger partial charge in [-0.15, -0.1) is 0 Å². The number of aromatic nitrogens is 2. The highest BCUT2D eigenvalue weighted by Crippen LogP contribution is 2.27. The van der Waals surface area contributed by atoms with Gasteiger partial charge in [0.1, 0.15) is 18.2 Å². The van der Waals surface area contributed by atoms with Crippen LogP contribution in [-0.4, -0.2) is 62.9 Å². The Morgan fingerprint density at radius 1 is 1.16 bits per heavy atom. The fraction of sp³-hybridized carbons (Fsp3) is 0.357. The largest absolute Gasteiger partial charge is 0.462 e. The molecule has 25 heavy (non-hydrogen) atoms. The highest BCUT2D eigenvalue weighted by Gasteiger charge is 2.52. The maximum atomic E-state index is 11.5. The van der Waals surface area contributed by atoms with Gasteiger partial charge in [-0.1, -0.05) is 18.2 Å². The molecule has 2 heterocycles. The van der Waals surface area contributed by atoms with Crippen molar-refractivity contribution in [2.75, 3.05) is 0 Å². The fourth-order valence-electron chi connectivity index (χ4n) is 2.36. The summed E-state index contributed by atoms with van der Waals surface area (Å²) < 4.78 is 43.9. The van der Waals surface area contributed by atoms with E-state index in [4.69, 9.17) is 14.3 Å². The van der Waals surface area contributed by atoms with Crippen LogP contribution in [0.4, 0.5) is 0 Å². The molecule has 1 unspecified atom stereocenters. The van der Waals surface area contributed by atoms with Gasteiger partial charge in [0.2, 0.25) is 11.7 Å². The molecule has 3 rings (SSSR count). The molecule has 0 amide bonds. The summed E-state index contributed by atoms with van der Waals surface area (Å²) in [4.78, 5) is 9.07. The van der Waals surface area contributed by atoms with Crippen LogP contribution >= 0.6 is 0 Å². The third kappa shape index (κ3) is 3.91. The molecule has 1 fully saturated rings. The van der Waals surface area contributed by atoms with E-state index in [1.807, 2.05) is 0 Å². The van der Waals surface area contributed by atoms with Gasteiger partial charge in [0.25, 0.3) is 10.1 Å². The predicted molar refractivity (Wildman–Crippen MR) is 81.9 cm³/mol. The van der Waals surface area contributed by atoms with E-state index in [1.165, 1.54) is 18.7 Å². The van der Waals surface area contributed by atoms with Crippen LogP contribution in [0.25, 0.3) is 0 Å². The molecule has 1 saturated heterocycles. The molecule has 0 spiro atoms. The lowest BCUT2D eigenvalue weighted by atomic mass is 10.1. The molecule has 1 aromatic carbocycles. The highest BCUT2D eigenvalue weighted by molar-refractivity contribution is 7.86. The van der Waals surface area contributed by atoms with Crippen LogP contribution in [0, 0.1) is 0 Å². The number of ether oxygens (including phenoxy) is 2. The zero-order valence-electron chi connectivity index (χ0n) is 12.7. The molecule has 10 nitrogen and oxygen atoms in total. The molecule has 0 saturated carbocycles. The minimum Gasteiger partial charge on any atom is -0.462 e. The van der Waals surface area contributed by atoms with E-state index in [-0.39, 0.29) is 0 Å². The van der Waals surface area contributed by atoms with Gasteiger partial charge in [-0.05, 0) is 12.1 Å². The van der Waals surface area contributed by atoms with Crippen LogP contribution in [0.3, 0.4) is 0 Å². The number of para-hydroxylation sites is 1. The Morgan fingerprint density at radius 2 is 1.88 bits per heavy atom. The first kappa shape index (κ1) is 17.6. The van der Waals surface area contributed by atoms with E-state index in [9.17, 15) is 23.2 Å². The Labute approximate surface area is 142 Å². The van der Waals surface area contributed by atoms with Gasteiger partial charge in [0, 0.05) is 6.20 Å². The Hall–Kier alpha value is -2.18. The summed E-state index contributed by atoms with van der Waals surface area (Å²) in [7, 11) is -4.80. The van der Waals surface area contributed by atoms with Crippen molar-refractivity contribution >= 4 is 10.1 Å². The second-order valence-corrected chi connectivity index (χ2v) is 6.79. The van der Waals surface area contributed by atoms with Crippen molar-refractivity contribution in [3.8, 4) is 5.75 Å². The van der Waals surface area contributed by atoms with Crippen LogP contribution in [0.5, 0.6) is 5.75 Å². The van der Waals surface area contributed by atoms with Gasteiger partial charge < -0.3 is 24.5 Å². The molecule has 0 aliphatic carbocycles. The molecule has 1 aromatic heterocycles. The van der Waals surface area contributed by atoms with Crippen molar-refractivity contribution < 1.29 is 37.5 Å². The van der Waals surface area contributed by atoms with E-state index < -0.39 is 40.2 Å². The number of aliphatic hydroxyl groups is 2. The van der Waals surface area contributed by atoms with Crippen molar-refractivity contribution in [1.29, 1.82) is 0 Å². The van der Waals surface area contributed by atoms with E-state index >= 15 is 0 Å². The van der Waals surface area contributed by atoms with Gasteiger partial charge in [-0.25, -0.2) is 4.98 Å². The summed E-state index contributed by atoms with van der Waals surface area (Å²) in [5.41, 5.74) is -2.06.